The quantitative estimate of drug-likeness (QED) is 0.408. The first-order valence-electron chi connectivity index (χ1n) is 11.8. The van der Waals surface area contributed by atoms with Gasteiger partial charge >= 0.3 is 0 Å². The van der Waals surface area contributed by atoms with Gasteiger partial charge in [-0.3, -0.25) is 4.79 Å². The summed E-state index contributed by atoms with van der Waals surface area (Å²) in [5.74, 6) is -0.0536. The van der Waals surface area contributed by atoms with Crippen molar-refractivity contribution in [2.45, 2.75) is 38.7 Å². The Kier molecular flexibility index (Phi) is 6.64. The topological polar surface area (TPSA) is 75.1 Å². The van der Waals surface area contributed by atoms with E-state index in [0.717, 1.165) is 52.2 Å². The predicted octanol–water partition coefficient (Wildman–Crippen LogP) is 4.84. The Balaban J connectivity index is 1.46. The maximum atomic E-state index is 13.2. The summed E-state index contributed by atoms with van der Waals surface area (Å²) in [5.41, 5.74) is 7.41. The van der Waals surface area contributed by atoms with Crippen LogP contribution in [0, 0.1) is 5.82 Å². The van der Waals surface area contributed by atoms with Gasteiger partial charge in [-0.1, -0.05) is 60.7 Å². The van der Waals surface area contributed by atoms with Crippen molar-refractivity contribution in [2.24, 2.45) is 0 Å². The lowest BCUT2D eigenvalue weighted by molar-refractivity contribution is -0.115. The molecule has 3 aromatic carbocycles. The van der Waals surface area contributed by atoms with Gasteiger partial charge in [-0.2, -0.15) is 0 Å². The van der Waals surface area contributed by atoms with Crippen molar-refractivity contribution in [3.05, 3.63) is 112 Å². The molecule has 2 N–H and O–H groups in total. The lowest BCUT2D eigenvalue weighted by atomic mass is 9.90. The third-order valence-electron chi connectivity index (χ3n) is 6.31. The third kappa shape index (κ3) is 5.28. The summed E-state index contributed by atoms with van der Waals surface area (Å²) >= 11 is 0. The zero-order chi connectivity index (χ0) is 24.2. The van der Waals surface area contributed by atoms with Crippen molar-refractivity contribution in [3.8, 4) is 11.3 Å². The number of carbonyl (C=O) groups is 1. The Labute approximate surface area is 203 Å². The average Bonchev–Trinajstić information content (AvgIpc) is 2.89. The Morgan fingerprint density at radius 3 is 2.43 bits per heavy atom. The van der Waals surface area contributed by atoms with Gasteiger partial charge in [0.2, 0.25) is 5.91 Å². The van der Waals surface area contributed by atoms with Gasteiger partial charge in [0, 0.05) is 5.56 Å². The monoisotopic (exact) mass is 467 g/mol. The molecule has 0 saturated heterocycles. The maximum Gasteiger partial charge on any atom is 0.229 e. The normalized spacial score (nSPS) is 12.1. The number of hydrogen-bond acceptors (Lipinski definition) is 4. The van der Waals surface area contributed by atoms with Crippen LogP contribution in [0.2, 0.25) is 0 Å². The van der Waals surface area contributed by atoms with Gasteiger partial charge in [0.15, 0.2) is 5.82 Å². The molecule has 1 aliphatic rings. The molecule has 0 radical (unpaired) electrons. The summed E-state index contributed by atoms with van der Waals surface area (Å²) in [6.45, 7) is 0.00711. The second kappa shape index (κ2) is 10.2. The van der Waals surface area contributed by atoms with Gasteiger partial charge in [-0.25, -0.2) is 14.4 Å². The van der Waals surface area contributed by atoms with Crippen molar-refractivity contribution in [1.29, 1.82) is 0 Å². The molecule has 0 spiro atoms. The molecular formula is C29H26FN3O2. The number of aryl methyl sites for hydroxylation is 4. The van der Waals surface area contributed by atoms with E-state index in [0.29, 0.717) is 18.7 Å². The molecule has 1 heterocycles. The number of aliphatic hydroxyl groups excluding tert-OH is 1. The highest BCUT2D eigenvalue weighted by molar-refractivity contribution is 5.92. The van der Waals surface area contributed by atoms with E-state index in [1.54, 1.807) is 12.1 Å². The second-order valence-electron chi connectivity index (χ2n) is 8.80. The minimum absolute atomic E-state index is 0.00711. The molecule has 1 aliphatic carbocycles. The van der Waals surface area contributed by atoms with Crippen molar-refractivity contribution in [1.82, 2.24) is 9.97 Å². The molecule has 0 aliphatic heterocycles. The van der Waals surface area contributed by atoms with Crippen LogP contribution in [0.1, 0.15) is 33.6 Å². The summed E-state index contributed by atoms with van der Waals surface area (Å²) in [6, 6.07) is 22.0. The van der Waals surface area contributed by atoms with E-state index >= 15 is 0 Å². The number of amides is 1. The summed E-state index contributed by atoms with van der Waals surface area (Å²) in [6.07, 6.45) is 3.04. The third-order valence-corrected chi connectivity index (χ3v) is 6.31. The number of anilines is 1. The number of aliphatic hydroxyl groups is 1. The predicted molar refractivity (Wildman–Crippen MR) is 133 cm³/mol. The minimum atomic E-state index is -0.329. The van der Waals surface area contributed by atoms with Gasteiger partial charge in [0.1, 0.15) is 5.82 Å². The highest BCUT2D eigenvalue weighted by Crippen LogP contribution is 2.33. The maximum absolute atomic E-state index is 13.2. The van der Waals surface area contributed by atoms with E-state index < -0.39 is 0 Å². The molecular weight excluding hydrogens is 441 g/mol. The van der Waals surface area contributed by atoms with Gasteiger partial charge < -0.3 is 10.4 Å². The molecule has 0 saturated carbocycles. The Morgan fingerprint density at radius 2 is 1.66 bits per heavy atom. The van der Waals surface area contributed by atoms with Crippen molar-refractivity contribution < 1.29 is 14.3 Å². The van der Waals surface area contributed by atoms with E-state index in [9.17, 15) is 14.3 Å². The zero-order valence-corrected chi connectivity index (χ0v) is 19.3. The van der Waals surface area contributed by atoms with Crippen LogP contribution in [0.5, 0.6) is 0 Å². The smallest absolute Gasteiger partial charge is 0.229 e. The molecule has 35 heavy (non-hydrogen) atoms. The number of rotatable bonds is 7. The highest BCUT2D eigenvalue weighted by atomic mass is 19.1. The fourth-order valence-electron chi connectivity index (χ4n) is 4.48. The lowest BCUT2D eigenvalue weighted by Gasteiger charge is -2.21. The number of carbonyl (C=O) groups excluding carboxylic acids is 1. The van der Waals surface area contributed by atoms with Crippen LogP contribution in [0.15, 0.2) is 72.8 Å². The highest BCUT2D eigenvalue weighted by Gasteiger charge is 2.23. The van der Waals surface area contributed by atoms with E-state index in [4.69, 9.17) is 9.97 Å². The Hall–Kier alpha value is -3.90. The molecule has 5 rings (SSSR count). The molecule has 4 aromatic rings. The molecule has 5 nitrogen and oxygen atoms in total. The standard InChI is InChI=1S/C29H26FN3O2/c30-23-11-6-20(7-12-23)17-27(35)33-29-26(14-9-19-4-2-1-3-5-19)31-28-24-13-8-21(18-34)16-22(24)10-15-25(28)32-29/h1-8,11-13,16,34H,9-10,14-15,17-18H2,(H,32,33,35). The van der Waals surface area contributed by atoms with E-state index in [1.165, 1.54) is 17.7 Å². The fraction of sp³-hybridized carbons (Fsp3) is 0.207. The molecule has 0 bridgehead atoms. The van der Waals surface area contributed by atoms with E-state index in [1.807, 2.05) is 36.4 Å². The molecule has 0 atom stereocenters. The zero-order valence-electron chi connectivity index (χ0n) is 19.3. The number of fused-ring (bicyclic) bond motifs is 3. The molecule has 0 fully saturated rings. The number of halogens is 1. The largest absolute Gasteiger partial charge is 0.392 e. The first-order valence-corrected chi connectivity index (χ1v) is 11.8. The summed E-state index contributed by atoms with van der Waals surface area (Å²) < 4.78 is 13.2. The second-order valence-corrected chi connectivity index (χ2v) is 8.80. The average molecular weight is 468 g/mol. The number of nitrogens with zero attached hydrogens (tertiary/aromatic N) is 2. The van der Waals surface area contributed by atoms with Crippen molar-refractivity contribution in [3.63, 3.8) is 0 Å². The van der Waals surface area contributed by atoms with Crippen LogP contribution >= 0.6 is 0 Å². The fourth-order valence-corrected chi connectivity index (χ4v) is 4.48. The molecule has 176 valence electrons. The van der Waals surface area contributed by atoms with Crippen LogP contribution in [0.3, 0.4) is 0 Å². The minimum Gasteiger partial charge on any atom is -0.392 e. The number of hydrogen-bond donors (Lipinski definition) is 2. The van der Waals surface area contributed by atoms with Gasteiger partial charge in [-0.15, -0.1) is 0 Å². The Bertz CT molecular complexity index is 1350. The van der Waals surface area contributed by atoms with Crippen molar-refractivity contribution >= 4 is 11.7 Å². The molecule has 0 unspecified atom stereocenters. The summed E-state index contributed by atoms with van der Waals surface area (Å²) in [5, 5.41) is 12.5. The SMILES string of the molecule is O=C(Cc1ccc(F)cc1)Nc1nc2c(nc1CCc1ccccc1)-c1ccc(CO)cc1CC2. The summed E-state index contributed by atoms with van der Waals surface area (Å²) in [7, 11) is 0. The van der Waals surface area contributed by atoms with Gasteiger partial charge in [0.25, 0.3) is 0 Å². The molecule has 1 amide bonds. The molecule has 1 aromatic heterocycles. The molecule has 6 heteroatoms. The van der Waals surface area contributed by atoms with Crippen LogP contribution in [-0.4, -0.2) is 21.0 Å². The van der Waals surface area contributed by atoms with E-state index in [2.05, 4.69) is 17.4 Å². The van der Waals surface area contributed by atoms with Crippen LogP contribution in [0.25, 0.3) is 11.3 Å². The first-order chi connectivity index (χ1) is 17.1. The van der Waals surface area contributed by atoms with Gasteiger partial charge in [-0.05, 0) is 60.1 Å². The van der Waals surface area contributed by atoms with Gasteiger partial charge in [0.05, 0.1) is 30.1 Å². The van der Waals surface area contributed by atoms with E-state index in [-0.39, 0.29) is 24.8 Å². The lowest BCUT2D eigenvalue weighted by Crippen LogP contribution is -2.20. The number of benzene rings is 3. The first kappa shape index (κ1) is 22.9. The number of nitrogens with one attached hydrogen (secondary N) is 1. The summed E-state index contributed by atoms with van der Waals surface area (Å²) in [4.78, 5) is 22.7. The Morgan fingerprint density at radius 1 is 0.886 bits per heavy atom. The van der Waals surface area contributed by atoms with Crippen LogP contribution in [0.4, 0.5) is 10.2 Å². The van der Waals surface area contributed by atoms with Crippen LogP contribution < -0.4 is 5.32 Å². The van der Waals surface area contributed by atoms with Crippen LogP contribution in [-0.2, 0) is 43.5 Å². The number of aromatic nitrogens is 2. The van der Waals surface area contributed by atoms with Crippen molar-refractivity contribution in [2.75, 3.05) is 5.32 Å².